The van der Waals surface area contributed by atoms with Gasteiger partial charge in [0.05, 0.1) is 10.5 Å². The zero-order valence-electron chi connectivity index (χ0n) is 12.9. The standard InChI is InChI=1S/C15H13F3N2O4S/c1-25(23,24)12-4-2-3-11(7-12)19-13(21)9-20-8-10(15(16,17)18)5-6-14(20)22/h2-8H,9H2,1H3,(H,19,21). The van der Waals surface area contributed by atoms with Gasteiger partial charge in [0, 0.05) is 24.2 Å². The van der Waals surface area contributed by atoms with Crippen LogP contribution in [0.25, 0.3) is 0 Å². The van der Waals surface area contributed by atoms with E-state index in [1.807, 2.05) is 0 Å². The van der Waals surface area contributed by atoms with Gasteiger partial charge in [-0.25, -0.2) is 8.42 Å². The molecule has 0 radical (unpaired) electrons. The van der Waals surface area contributed by atoms with Crippen molar-refractivity contribution >= 4 is 21.4 Å². The zero-order valence-corrected chi connectivity index (χ0v) is 13.7. The number of rotatable bonds is 4. The summed E-state index contributed by atoms with van der Waals surface area (Å²) in [4.78, 5) is 23.5. The Morgan fingerprint density at radius 2 is 1.88 bits per heavy atom. The van der Waals surface area contributed by atoms with Crippen LogP contribution in [0.15, 0.2) is 52.3 Å². The van der Waals surface area contributed by atoms with Crippen molar-refractivity contribution < 1.29 is 26.4 Å². The van der Waals surface area contributed by atoms with Crippen molar-refractivity contribution in [1.29, 1.82) is 0 Å². The molecule has 0 aliphatic heterocycles. The van der Waals surface area contributed by atoms with E-state index >= 15 is 0 Å². The van der Waals surface area contributed by atoms with Crippen molar-refractivity contribution in [3.05, 3.63) is 58.5 Å². The van der Waals surface area contributed by atoms with E-state index in [1.54, 1.807) is 0 Å². The number of sulfone groups is 1. The lowest BCUT2D eigenvalue weighted by molar-refractivity contribution is -0.138. The smallest absolute Gasteiger partial charge is 0.324 e. The van der Waals surface area contributed by atoms with Crippen LogP contribution in [0.5, 0.6) is 0 Å². The molecule has 25 heavy (non-hydrogen) atoms. The first-order valence-corrected chi connectivity index (χ1v) is 8.73. The van der Waals surface area contributed by atoms with Gasteiger partial charge in [0.25, 0.3) is 5.56 Å². The van der Waals surface area contributed by atoms with Crippen LogP contribution >= 0.6 is 0 Å². The number of hydrogen-bond donors (Lipinski definition) is 1. The summed E-state index contributed by atoms with van der Waals surface area (Å²) >= 11 is 0. The van der Waals surface area contributed by atoms with Gasteiger partial charge in [-0.3, -0.25) is 9.59 Å². The Morgan fingerprint density at radius 3 is 2.48 bits per heavy atom. The van der Waals surface area contributed by atoms with Crippen LogP contribution in [0.2, 0.25) is 0 Å². The average Bonchev–Trinajstić information content (AvgIpc) is 2.47. The van der Waals surface area contributed by atoms with Gasteiger partial charge < -0.3 is 9.88 Å². The number of hydrogen-bond acceptors (Lipinski definition) is 4. The molecule has 0 saturated carbocycles. The molecule has 0 saturated heterocycles. The normalized spacial score (nSPS) is 12.0. The van der Waals surface area contributed by atoms with E-state index in [4.69, 9.17) is 0 Å². The minimum atomic E-state index is -4.64. The number of pyridine rings is 1. The number of anilines is 1. The van der Waals surface area contributed by atoms with Crippen molar-refractivity contribution in [3.63, 3.8) is 0 Å². The van der Waals surface area contributed by atoms with E-state index in [0.717, 1.165) is 12.3 Å². The number of amides is 1. The molecule has 1 N–H and O–H groups in total. The number of halogens is 3. The second-order valence-corrected chi connectivity index (χ2v) is 7.25. The number of nitrogens with zero attached hydrogens (tertiary/aromatic N) is 1. The molecule has 6 nitrogen and oxygen atoms in total. The zero-order chi connectivity index (χ0) is 18.8. The Balaban J connectivity index is 2.20. The van der Waals surface area contributed by atoms with E-state index in [-0.39, 0.29) is 10.6 Å². The van der Waals surface area contributed by atoms with Crippen LogP contribution in [-0.4, -0.2) is 25.1 Å². The summed E-state index contributed by atoms with van der Waals surface area (Å²) < 4.78 is 61.6. The molecule has 10 heteroatoms. The molecule has 1 amide bonds. The number of carbonyl (C=O) groups is 1. The molecule has 0 aliphatic carbocycles. The molecule has 0 unspecified atom stereocenters. The molecule has 2 aromatic rings. The van der Waals surface area contributed by atoms with Crippen molar-refractivity contribution in [2.75, 3.05) is 11.6 Å². The molecule has 0 aliphatic rings. The van der Waals surface area contributed by atoms with E-state index in [0.29, 0.717) is 16.8 Å². The molecule has 1 aromatic heterocycles. The second kappa shape index (κ2) is 6.71. The highest BCUT2D eigenvalue weighted by atomic mass is 32.2. The van der Waals surface area contributed by atoms with Gasteiger partial charge in [-0.1, -0.05) is 6.07 Å². The third kappa shape index (κ3) is 4.92. The minimum absolute atomic E-state index is 0.0264. The summed E-state index contributed by atoms with van der Waals surface area (Å²) in [5.41, 5.74) is -1.68. The van der Waals surface area contributed by atoms with E-state index in [9.17, 15) is 31.2 Å². The van der Waals surface area contributed by atoms with E-state index in [1.165, 1.54) is 24.3 Å². The van der Waals surface area contributed by atoms with Crippen LogP contribution in [-0.2, 0) is 27.4 Å². The van der Waals surface area contributed by atoms with Gasteiger partial charge in [-0.15, -0.1) is 0 Å². The fourth-order valence-corrected chi connectivity index (χ4v) is 2.65. The second-order valence-electron chi connectivity index (χ2n) is 5.23. The summed E-state index contributed by atoms with van der Waals surface area (Å²) in [5.74, 6) is -0.771. The summed E-state index contributed by atoms with van der Waals surface area (Å²) in [6.45, 7) is -0.647. The van der Waals surface area contributed by atoms with Crippen molar-refractivity contribution in [1.82, 2.24) is 4.57 Å². The van der Waals surface area contributed by atoms with Crippen LogP contribution in [0.3, 0.4) is 0 Å². The third-order valence-corrected chi connectivity index (χ3v) is 4.28. The first kappa shape index (κ1) is 18.7. The Labute approximate surface area is 140 Å². The highest BCUT2D eigenvalue weighted by molar-refractivity contribution is 7.90. The van der Waals surface area contributed by atoms with Crippen molar-refractivity contribution in [2.24, 2.45) is 0 Å². The predicted molar refractivity (Wildman–Crippen MR) is 83.9 cm³/mol. The van der Waals surface area contributed by atoms with Crippen LogP contribution in [0, 0.1) is 0 Å². The monoisotopic (exact) mass is 374 g/mol. The van der Waals surface area contributed by atoms with Crippen molar-refractivity contribution in [3.8, 4) is 0 Å². The molecule has 2 rings (SSSR count). The first-order chi connectivity index (χ1) is 11.5. The lowest BCUT2D eigenvalue weighted by atomic mass is 10.2. The summed E-state index contributed by atoms with van der Waals surface area (Å²) in [7, 11) is -3.48. The summed E-state index contributed by atoms with van der Waals surface area (Å²) in [6.07, 6.45) is -3.10. The quantitative estimate of drug-likeness (QED) is 0.886. The average molecular weight is 374 g/mol. The predicted octanol–water partition coefficient (Wildman–Crippen LogP) is 1.91. The first-order valence-electron chi connectivity index (χ1n) is 6.84. The summed E-state index contributed by atoms with van der Waals surface area (Å²) in [6, 6.07) is 6.72. The molecule has 0 spiro atoms. The Hall–Kier alpha value is -2.62. The Kier molecular flexibility index (Phi) is 5.02. The molecule has 0 fully saturated rings. The molecule has 1 aromatic carbocycles. The largest absolute Gasteiger partial charge is 0.417 e. The van der Waals surface area contributed by atoms with Gasteiger partial charge in [-0.2, -0.15) is 13.2 Å². The maximum Gasteiger partial charge on any atom is 0.417 e. The Morgan fingerprint density at radius 1 is 1.20 bits per heavy atom. The van der Waals surface area contributed by atoms with Gasteiger partial charge in [0.2, 0.25) is 5.91 Å². The molecule has 0 bridgehead atoms. The van der Waals surface area contributed by atoms with Gasteiger partial charge >= 0.3 is 6.18 Å². The van der Waals surface area contributed by atoms with Crippen LogP contribution in [0.4, 0.5) is 18.9 Å². The lowest BCUT2D eigenvalue weighted by Crippen LogP contribution is -2.28. The molecular weight excluding hydrogens is 361 g/mol. The Bertz CT molecular complexity index is 965. The highest BCUT2D eigenvalue weighted by Crippen LogP contribution is 2.28. The van der Waals surface area contributed by atoms with Gasteiger partial charge in [-0.05, 0) is 24.3 Å². The fraction of sp³-hybridized carbons (Fsp3) is 0.200. The van der Waals surface area contributed by atoms with E-state index < -0.39 is 39.6 Å². The maximum absolute atomic E-state index is 12.7. The summed E-state index contributed by atoms with van der Waals surface area (Å²) in [5, 5.41) is 2.34. The van der Waals surface area contributed by atoms with Gasteiger partial charge in [0.1, 0.15) is 6.54 Å². The molecular formula is C15H13F3N2O4S. The van der Waals surface area contributed by atoms with E-state index in [2.05, 4.69) is 5.32 Å². The van der Waals surface area contributed by atoms with Gasteiger partial charge in [0.15, 0.2) is 9.84 Å². The minimum Gasteiger partial charge on any atom is -0.324 e. The third-order valence-electron chi connectivity index (χ3n) is 3.17. The number of benzene rings is 1. The highest BCUT2D eigenvalue weighted by Gasteiger charge is 2.31. The topological polar surface area (TPSA) is 85.2 Å². The number of nitrogens with one attached hydrogen (secondary N) is 1. The van der Waals surface area contributed by atoms with Crippen LogP contribution in [0.1, 0.15) is 5.56 Å². The molecule has 1 heterocycles. The SMILES string of the molecule is CS(=O)(=O)c1cccc(NC(=O)Cn2cc(C(F)(F)F)ccc2=O)c1. The maximum atomic E-state index is 12.7. The number of aromatic nitrogens is 1. The lowest BCUT2D eigenvalue weighted by Gasteiger charge is -2.11. The molecule has 134 valence electrons. The fourth-order valence-electron chi connectivity index (χ4n) is 1.98. The molecule has 0 atom stereocenters. The van der Waals surface area contributed by atoms with Crippen LogP contribution < -0.4 is 10.9 Å². The van der Waals surface area contributed by atoms with Crippen molar-refractivity contribution in [2.45, 2.75) is 17.6 Å². The number of carbonyl (C=O) groups excluding carboxylic acids is 1. The number of alkyl halides is 3.